The molecule has 20 heavy (non-hydrogen) atoms. The summed E-state index contributed by atoms with van der Waals surface area (Å²) in [5.74, 6) is -2.14. The molecule has 1 aliphatic rings. The lowest BCUT2D eigenvalue weighted by molar-refractivity contribution is 0.0696. The van der Waals surface area contributed by atoms with Crippen LogP contribution >= 0.6 is 0 Å². The highest BCUT2D eigenvalue weighted by Gasteiger charge is 2.37. The number of carboxylic acids is 1. The van der Waals surface area contributed by atoms with Gasteiger partial charge in [-0.05, 0) is 30.3 Å². The quantitative estimate of drug-likeness (QED) is 0.835. The van der Waals surface area contributed by atoms with E-state index < -0.39 is 17.8 Å². The summed E-state index contributed by atoms with van der Waals surface area (Å²) < 4.78 is 0. The number of rotatable bonds is 2. The fourth-order valence-electron chi connectivity index (χ4n) is 2.10. The third-order valence-corrected chi connectivity index (χ3v) is 3.05. The molecule has 1 aromatic heterocycles. The van der Waals surface area contributed by atoms with Gasteiger partial charge in [0.2, 0.25) is 0 Å². The molecule has 6 heteroatoms. The number of aromatic nitrogens is 1. The molecule has 0 radical (unpaired) electrons. The molecule has 1 aromatic carbocycles. The van der Waals surface area contributed by atoms with Crippen LogP contribution in [0.2, 0.25) is 0 Å². The molecule has 1 aliphatic heterocycles. The van der Waals surface area contributed by atoms with Crippen molar-refractivity contribution in [3.05, 3.63) is 59.4 Å². The van der Waals surface area contributed by atoms with E-state index in [-0.39, 0.29) is 16.7 Å². The molecule has 6 nitrogen and oxygen atoms in total. The first-order valence-electron chi connectivity index (χ1n) is 5.76. The lowest BCUT2D eigenvalue weighted by Crippen LogP contribution is -2.29. The van der Waals surface area contributed by atoms with E-state index in [2.05, 4.69) is 4.98 Å². The number of nitrogens with zero attached hydrogens (tertiary/aromatic N) is 2. The Kier molecular flexibility index (Phi) is 2.57. The maximum absolute atomic E-state index is 12.3. The maximum Gasteiger partial charge on any atom is 0.335 e. The Hall–Kier alpha value is -3.02. The average Bonchev–Trinajstić information content (AvgIpc) is 2.71. The summed E-state index contributed by atoms with van der Waals surface area (Å²) >= 11 is 0. The van der Waals surface area contributed by atoms with E-state index >= 15 is 0 Å². The molecular formula is C14H8N2O4. The van der Waals surface area contributed by atoms with Gasteiger partial charge < -0.3 is 5.11 Å². The van der Waals surface area contributed by atoms with Crippen molar-refractivity contribution in [3.8, 4) is 0 Å². The smallest absolute Gasteiger partial charge is 0.335 e. The van der Waals surface area contributed by atoms with Crippen molar-refractivity contribution in [2.24, 2.45) is 0 Å². The molecule has 98 valence electrons. The second-order valence-electron chi connectivity index (χ2n) is 4.22. The van der Waals surface area contributed by atoms with E-state index in [0.717, 1.165) is 4.90 Å². The van der Waals surface area contributed by atoms with Gasteiger partial charge in [0.15, 0.2) is 0 Å². The first kappa shape index (κ1) is 12.0. The summed E-state index contributed by atoms with van der Waals surface area (Å²) in [5, 5.41) is 8.93. The molecule has 3 rings (SSSR count). The predicted octanol–water partition coefficient (Wildman–Crippen LogP) is 1.58. The molecule has 0 atom stereocenters. The highest BCUT2D eigenvalue weighted by Crippen LogP contribution is 2.28. The van der Waals surface area contributed by atoms with Gasteiger partial charge >= 0.3 is 5.97 Å². The summed E-state index contributed by atoms with van der Waals surface area (Å²) in [4.78, 5) is 40.3. The fraction of sp³-hybridized carbons (Fsp3) is 0. The van der Waals surface area contributed by atoms with E-state index in [1.807, 2.05) is 0 Å². The van der Waals surface area contributed by atoms with Crippen LogP contribution in [0.4, 0.5) is 5.69 Å². The number of anilines is 1. The standard InChI is InChI=1S/C14H8N2O4/c17-12-10-2-1-8(14(19)20)7-11(10)13(18)16(12)9-3-5-15-6-4-9/h1-7H,(H,19,20). The van der Waals surface area contributed by atoms with Gasteiger partial charge in [-0.15, -0.1) is 0 Å². The molecule has 2 amide bonds. The van der Waals surface area contributed by atoms with Crippen LogP contribution in [-0.2, 0) is 0 Å². The third kappa shape index (κ3) is 1.66. The first-order chi connectivity index (χ1) is 9.59. The topological polar surface area (TPSA) is 87.6 Å². The number of carbonyl (C=O) groups is 3. The van der Waals surface area contributed by atoms with Crippen LogP contribution in [-0.4, -0.2) is 27.9 Å². The Morgan fingerprint density at radius 2 is 1.65 bits per heavy atom. The van der Waals surface area contributed by atoms with Gasteiger partial charge in [-0.2, -0.15) is 0 Å². The number of aromatic carboxylic acids is 1. The number of benzene rings is 1. The molecule has 1 N–H and O–H groups in total. The van der Waals surface area contributed by atoms with Crippen molar-refractivity contribution in [2.75, 3.05) is 4.90 Å². The zero-order chi connectivity index (χ0) is 14.3. The number of hydrogen-bond donors (Lipinski definition) is 1. The lowest BCUT2D eigenvalue weighted by Gasteiger charge is -2.12. The van der Waals surface area contributed by atoms with Gasteiger partial charge in [0.05, 0.1) is 22.4 Å². The van der Waals surface area contributed by atoms with Crippen LogP contribution < -0.4 is 4.90 Å². The van der Waals surface area contributed by atoms with Gasteiger partial charge in [-0.3, -0.25) is 14.6 Å². The van der Waals surface area contributed by atoms with Crippen molar-refractivity contribution in [2.45, 2.75) is 0 Å². The molecular weight excluding hydrogens is 260 g/mol. The summed E-state index contributed by atoms with van der Waals surface area (Å²) in [6, 6.07) is 6.97. The SMILES string of the molecule is O=C(O)c1ccc2c(c1)C(=O)N(c1ccncc1)C2=O. The number of imide groups is 1. The van der Waals surface area contributed by atoms with Crippen LogP contribution in [0, 0.1) is 0 Å². The first-order valence-corrected chi connectivity index (χ1v) is 5.76. The average molecular weight is 268 g/mol. The van der Waals surface area contributed by atoms with Crippen molar-refractivity contribution >= 4 is 23.5 Å². The molecule has 2 heterocycles. The Labute approximate surface area is 113 Å². The molecule has 0 fully saturated rings. The largest absolute Gasteiger partial charge is 0.478 e. The Morgan fingerprint density at radius 1 is 1.00 bits per heavy atom. The predicted molar refractivity (Wildman–Crippen MR) is 68.8 cm³/mol. The molecule has 0 spiro atoms. The second-order valence-corrected chi connectivity index (χ2v) is 4.22. The minimum Gasteiger partial charge on any atom is -0.478 e. The molecule has 0 bridgehead atoms. The van der Waals surface area contributed by atoms with Crippen molar-refractivity contribution in [1.29, 1.82) is 0 Å². The zero-order valence-corrected chi connectivity index (χ0v) is 10.1. The van der Waals surface area contributed by atoms with E-state index in [1.165, 1.54) is 30.6 Å². The minimum absolute atomic E-state index is 0.0264. The molecule has 2 aromatic rings. The Balaban J connectivity index is 2.11. The number of carboxylic acid groups (broad SMARTS) is 1. The molecule has 0 aliphatic carbocycles. The van der Waals surface area contributed by atoms with Crippen LogP contribution in [0.3, 0.4) is 0 Å². The molecule has 0 unspecified atom stereocenters. The molecule has 0 saturated heterocycles. The Bertz CT molecular complexity index is 740. The summed E-state index contributed by atoms with van der Waals surface area (Å²) in [6.07, 6.45) is 2.95. The summed E-state index contributed by atoms with van der Waals surface area (Å²) in [6.45, 7) is 0. The van der Waals surface area contributed by atoms with Crippen molar-refractivity contribution in [1.82, 2.24) is 4.98 Å². The number of hydrogen-bond acceptors (Lipinski definition) is 4. The lowest BCUT2D eigenvalue weighted by atomic mass is 10.1. The van der Waals surface area contributed by atoms with Crippen LogP contribution in [0.1, 0.15) is 31.1 Å². The van der Waals surface area contributed by atoms with E-state index in [0.29, 0.717) is 5.69 Å². The van der Waals surface area contributed by atoms with Gasteiger partial charge in [-0.25, -0.2) is 9.69 Å². The molecule has 0 saturated carbocycles. The number of fused-ring (bicyclic) bond motifs is 1. The summed E-state index contributed by atoms with van der Waals surface area (Å²) in [7, 11) is 0. The van der Waals surface area contributed by atoms with Gasteiger partial charge in [-0.1, -0.05) is 0 Å². The van der Waals surface area contributed by atoms with Crippen molar-refractivity contribution < 1.29 is 19.5 Å². The highest BCUT2D eigenvalue weighted by atomic mass is 16.4. The van der Waals surface area contributed by atoms with Gasteiger partial charge in [0.1, 0.15) is 0 Å². The van der Waals surface area contributed by atoms with Gasteiger partial charge in [0.25, 0.3) is 11.8 Å². The van der Waals surface area contributed by atoms with E-state index in [9.17, 15) is 14.4 Å². The zero-order valence-electron chi connectivity index (χ0n) is 10.1. The monoisotopic (exact) mass is 268 g/mol. The minimum atomic E-state index is -1.14. The Morgan fingerprint density at radius 3 is 2.30 bits per heavy atom. The number of pyridine rings is 1. The van der Waals surface area contributed by atoms with Gasteiger partial charge in [0, 0.05) is 12.4 Å². The van der Waals surface area contributed by atoms with Crippen LogP contribution in [0.25, 0.3) is 0 Å². The number of amides is 2. The fourth-order valence-corrected chi connectivity index (χ4v) is 2.10. The van der Waals surface area contributed by atoms with E-state index in [4.69, 9.17) is 5.11 Å². The van der Waals surface area contributed by atoms with E-state index in [1.54, 1.807) is 12.1 Å². The highest BCUT2D eigenvalue weighted by molar-refractivity contribution is 6.34. The summed E-state index contributed by atoms with van der Waals surface area (Å²) in [5.41, 5.74) is 0.688. The van der Waals surface area contributed by atoms with Crippen molar-refractivity contribution in [3.63, 3.8) is 0 Å². The normalized spacial score (nSPS) is 13.5. The van der Waals surface area contributed by atoms with Crippen LogP contribution in [0.15, 0.2) is 42.7 Å². The maximum atomic E-state index is 12.3. The number of carbonyl (C=O) groups excluding carboxylic acids is 2. The second kappa shape index (κ2) is 4.27. The third-order valence-electron chi connectivity index (χ3n) is 3.05. The van der Waals surface area contributed by atoms with Crippen LogP contribution in [0.5, 0.6) is 0 Å².